The minimum absolute atomic E-state index is 0.218. The predicted molar refractivity (Wildman–Crippen MR) is 49.8 cm³/mol. The zero-order valence-corrected chi connectivity index (χ0v) is 7.73. The van der Waals surface area contributed by atoms with Gasteiger partial charge in [-0.2, -0.15) is 0 Å². The lowest BCUT2D eigenvalue weighted by Gasteiger charge is -2.05. The predicted octanol–water partition coefficient (Wildman–Crippen LogP) is 0.932. The molecule has 1 amide bonds. The molecular formula is C8H12N2OS. The van der Waals surface area contributed by atoms with Crippen LogP contribution in [0.3, 0.4) is 0 Å². The SMILES string of the molecule is Cc1cc([C@@H](N)CC(N)=O)cs1. The molecule has 1 heterocycles. The lowest BCUT2D eigenvalue weighted by molar-refractivity contribution is -0.118. The standard InChI is InChI=1S/C8H12N2OS/c1-5-2-6(4-12-5)7(9)3-8(10)11/h2,4,7H,3,9H2,1H3,(H2,10,11)/t7-/m0/s1. The summed E-state index contributed by atoms with van der Waals surface area (Å²) in [4.78, 5) is 11.7. The van der Waals surface area contributed by atoms with E-state index in [2.05, 4.69) is 0 Å². The molecule has 0 saturated carbocycles. The first-order chi connectivity index (χ1) is 5.59. The maximum absolute atomic E-state index is 10.5. The molecule has 4 heteroatoms. The molecule has 1 aromatic heterocycles. The molecule has 4 N–H and O–H groups in total. The fourth-order valence-electron chi connectivity index (χ4n) is 0.993. The molecule has 0 aliphatic rings. The molecule has 0 spiro atoms. The van der Waals surface area contributed by atoms with Gasteiger partial charge in [0.1, 0.15) is 0 Å². The summed E-state index contributed by atoms with van der Waals surface area (Å²) in [6.45, 7) is 2.01. The second-order valence-corrected chi connectivity index (χ2v) is 3.88. The van der Waals surface area contributed by atoms with Crippen LogP contribution in [0.4, 0.5) is 0 Å². The molecule has 3 nitrogen and oxygen atoms in total. The van der Waals surface area contributed by atoms with E-state index in [0.717, 1.165) is 5.56 Å². The van der Waals surface area contributed by atoms with Gasteiger partial charge in [-0.05, 0) is 23.9 Å². The van der Waals surface area contributed by atoms with Crippen molar-refractivity contribution in [1.29, 1.82) is 0 Å². The van der Waals surface area contributed by atoms with E-state index in [0.29, 0.717) is 0 Å². The average Bonchev–Trinajstić information content (AvgIpc) is 2.34. The number of carbonyl (C=O) groups is 1. The highest BCUT2D eigenvalue weighted by atomic mass is 32.1. The maximum Gasteiger partial charge on any atom is 0.219 e. The second-order valence-electron chi connectivity index (χ2n) is 2.77. The third-order valence-electron chi connectivity index (χ3n) is 1.60. The fourth-order valence-corrected chi connectivity index (χ4v) is 1.76. The highest BCUT2D eigenvalue weighted by Crippen LogP contribution is 2.20. The van der Waals surface area contributed by atoms with E-state index in [4.69, 9.17) is 11.5 Å². The fraction of sp³-hybridized carbons (Fsp3) is 0.375. The van der Waals surface area contributed by atoms with Crippen LogP contribution in [0.2, 0.25) is 0 Å². The topological polar surface area (TPSA) is 69.1 Å². The van der Waals surface area contributed by atoms with Crippen LogP contribution in [-0.2, 0) is 4.79 Å². The molecule has 1 aromatic rings. The minimum atomic E-state index is -0.355. The number of primary amides is 1. The first-order valence-corrected chi connectivity index (χ1v) is 4.56. The van der Waals surface area contributed by atoms with Crippen molar-refractivity contribution in [3.8, 4) is 0 Å². The summed E-state index contributed by atoms with van der Waals surface area (Å²) in [5.74, 6) is -0.355. The van der Waals surface area contributed by atoms with E-state index in [-0.39, 0.29) is 18.4 Å². The zero-order chi connectivity index (χ0) is 9.14. The first-order valence-electron chi connectivity index (χ1n) is 3.68. The molecule has 0 aromatic carbocycles. The molecular weight excluding hydrogens is 172 g/mol. The Morgan fingerprint density at radius 2 is 2.42 bits per heavy atom. The second kappa shape index (κ2) is 3.69. The molecule has 1 atom stereocenters. The summed E-state index contributed by atoms with van der Waals surface area (Å²) < 4.78 is 0. The number of amides is 1. The Labute approximate surface area is 75.4 Å². The number of nitrogens with two attached hydrogens (primary N) is 2. The summed E-state index contributed by atoms with van der Waals surface area (Å²) in [7, 11) is 0. The van der Waals surface area contributed by atoms with Gasteiger partial charge in [0.15, 0.2) is 0 Å². The Bertz CT molecular complexity index is 282. The number of thiophene rings is 1. The maximum atomic E-state index is 10.5. The molecule has 0 bridgehead atoms. The molecule has 12 heavy (non-hydrogen) atoms. The van der Waals surface area contributed by atoms with Gasteiger partial charge in [-0.25, -0.2) is 0 Å². The summed E-state index contributed by atoms with van der Waals surface area (Å²) in [6.07, 6.45) is 0.218. The van der Waals surface area contributed by atoms with Gasteiger partial charge in [-0.3, -0.25) is 4.79 Å². The number of rotatable bonds is 3. The number of hydrogen-bond donors (Lipinski definition) is 2. The van der Waals surface area contributed by atoms with E-state index in [1.54, 1.807) is 11.3 Å². The van der Waals surface area contributed by atoms with Crippen LogP contribution < -0.4 is 11.5 Å². The van der Waals surface area contributed by atoms with Gasteiger partial charge in [0.2, 0.25) is 5.91 Å². The zero-order valence-electron chi connectivity index (χ0n) is 6.91. The van der Waals surface area contributed by atoms with E-state index in [9.17, 15) is 4.79 Å². The molecule has 66 valence electrons. The highest BCUT2D eigenvalue weighted by Gasteiger charge is 2.09. The van der Waals surface area contributed by atoms with Crippen molar-refractivity contribution in [3.63, 3.8) is 0 Å². The van der Waals surface area contributed by atoms with Crippen molar-refractivity contribution >= 4 is 17.2 Å². The number of aryl methyl sites for hydroxylation is 1. The molecule has 1 rings (SSSR count). The van der Waals surface area contributed by atoms with Crippen LogP contribution >= 0.6 is 11.3 Å². The first kappa shape index (κ1) is 9.22. The minimum Gasteiger partial charge on any atom is -0.370 e. The summed E-state index contributed by atoms with van der Waals surface area (Å²) in [5.41, 5.74) is 11.7. The Hall–Kier alpha value is -0.870. The molecule has 0 aliphatic carbocycles. The van der Waals surface area contributed by atoms with E-state index in [1.807, 2.05) is 18.4 Å². The normalized spacial score (nSPS) is 12.8. The van der Waals surface area contributed by atoms with Gasteiger partial charge >= 0.3 is 0 Å². The molecule has 0 saturated heterocycles. The largest absolute Gasteiger partial charge is 0.370 e. The highest BCUT2D eigenvalue weighted by molar-refractivity contribution is 7.10. The Morgan fingerprint density at radius 1 is 1.75 bits per heavy atom. The Kier molecular flexibility index (Phi) is 2.83. The van der Waals surface area contributed by atoms with Crippen molar-refractivity contribution in [2.75, 3.05) is 0 Å². The van der Waals surface area contributed by atoms with Gasteiger partial charge < -0.3 is 11.5 Å². The third-order valence-corrected chi connectivity index (χ3v) is 2.48. The van der Waals surface area contributed by atoms with Gasteiger partial charge in [0.25, 0.3) is 0 Å². The van der Waals surface area contributed by atoms with Gasteiger partial charge in [-0.1, -0.05) is 0 Å². The van der Waals surface area contributed by atoms with Crippen molar-refractivity contribution in [1.82, 2.24) is 0 Å². The van der Waals surface area contributed by atoms with Gasteiger partial charge in [0, 0.05) is 17.3 Å². The number of hydrogen-bond acceptors (Lipinski definition) is 3. The van der Waals surface area contributed by atoms with Crippen LogP contribution in [0.1, 0.15) is 22.9 Å². The van der Waals surface area contributed by atoms with Crippen LogP contribution in [0.15, 0.2) is 11.4 Å². The Morgan fingerprint density at radius 3 is 2.83 bits per heavy atom. The average molecular weight is 184 g/mol. The van der Waals surface area contributed by atoms with Crippen LogP contribution in [0, 0.1) is 6.92 Å². The Balaban J connectivity index is 2.64. The summed E-state index contributed by atoms with van der Waals surface area (Å²) in [6, 6.07) is 1.74. The quantitative estimate of drug-likeness (QED) is 0.733. The third kappa shape index (κ3) is 2.32. The lowest BCUT2D eigenvalue weighted by atomic mass is 10.1. The molecule has 0 aliphatic heterocycles. The van der Waals surface area contributed by atoms with Crippen molar-refractivity contribution < 1.29 is 4.79 Å². The molecule has 0 radical (unpaired) electrons. The van der Waals surface area contributed by atoms with Gasteiger partial charge in [-0.15, -0.1) is 11.3 Å². The van der Waals surface area contributed by atoms with Crippen LogP contribution in [0.25, 0.3) is 0 Å². The van der Waals surface area contributed by atoms with Crippen LogP contribution in [-0.4, -0.2) is 5.91 Å². The van der Waals surface area contributed by atoms with Gasteiger partial charge in [0.05, 0.1) is 0 Å². The van der Waals surface area contributed by atoms with E-state index in [1.165, 1.54) is 4.88 Å². The molecule has 0 fully saturated rings. The van der Waals surface area contributed by atoms with Crippen LogP contribution in [0.5, 0.6) is 0 Å². The lowest BCUT2D eigenvalue weighted by Crippen LogP contribution is -2.20. The monoisotopic (exact) mass is 184 g/mol. The van der Waals surface area contributed by atoms with Crippen molar-refractivity contribution in [3.05, 3.63) is 21.9 Å². The number of carbonyl (C=O) groups excluding carboxylic acids is 1. The van der Waals surface area contributed by atoms with Crippen molar-refractivity contribution in [2.45, 2.75) is 19.4 Å². The van der Waals surface area contributed by atoms with E-state index < -0.39 is 0 Å². The van der Waals surface area contributed by atoms with E-state index >= 15 is 0 Å². The smallest absolute Gasteiger partial charge is 0.219 e. The summed E-state index contributed by atoms with van der Waals surface area (Å²) in [5, 5.41) is 1.96. The van der Waals surface area contributed by atoms with Crippen molar-refractivity contribution in [2.24, 2.45) is 11.5 Å². The molecule has 0 unspecified atom stereocenters. The summed E-state index contributed by atoms with van der Waals surface area (Å²) >= 11 is 1.63.